The fourth-order valence-corrected chi connectivity index (χ4v) is 3.28. The maximum Gasteiger partial charge on any atom is 0.575 e. The Morgan fingerprint density at radius 1 is 1.21 bits per heavy atom. The predicted molar refractivity (Wildman–Crippen MR) is 119 cm³/mol. The number of hydrogen-bond acceptors (Lipinski definition) is 8. The van der Waals surface area contributed by atoms with Crippen LogP contribution in [0.2, 0.25) is 10.0 Å². The summed E-state index contributed by atoms with van der Waals surface area (Å²) in [5, 5.41) is 14.6. The average Bonchev–Trinajstić information content (AvgIpc) is 3.10. The number of carboxylic acid groups (broad SMARTS) is 1. The van der Waals surface area contributed by atoms with Gasteiger partial charge in [-0.25, -0.2) is 0 Å². The minimum atomic E-state index is -1.94. The van der Waals surface area contributed by atoms with Gasteiger partial charge in [0.15, 0.2) is 5.60 Å². The van der Waals surface area contributed by atoms with Crippen molar-refractivity contribution in [2.75, 3.05) is 19.7 Å². The fraction of sp³-hybridized carbons (Fsp3) is 0.450. The van der Waals surface area contributed by atoms with Crippen molar-refractivity contribution in [2.24, 2.45) is 5.92 Å². The number of halogens is 2. The minimum absolute atomic E-state index is 0.0272. The van der Waals surface area contributed by atoms with E-state index in [0.29, 0.717) is 19.1 Å². The predicted octanol–water partition coefficient (Wildman–Crippen LogP) is 1.12. The highest BCUT2D eigenvalue weighted by molar-refractivity contribution is 6.35. The van der Waals surface area contributed by atoms with Crippen LogP contribution in [0.5, 0.6) is 0 Å². The van der Waals surface area contributed by atoms with Crippen molar-refractivity contribution < 1.29 is 43.1 Å². The zero-order valence-electron chi connectivity index (χ0n) is 18.1. The molecule has 2 atom stereocenters. The third-order valence-electron chi connectivity index (χ3n) is 4.74. The topological polar surface area (TPSA) is 157 Å². The van der Waals surface area contributed by atoms with Gasteiger partial charge in [0.2, 0.25) is 5.91 Å². The van der Waals surface area contributed by atoms with E-state index in [1.165, 1.54) is 18.2 Å². The van der Waals surface area contributed by atoms with Gasteiger partial charge in [-0.1, -0.05) is 30.1 Å². The molecule has 0 aromatic heterocycles. The molecule has 1 fully saturated rings. The Morgan fingerprint density at radius 3 is 2.59 bits per heavy atom. The molecule has 11 nitrogen and oxygen atoms in total. The van der Waals surface area contributed by atoms with Crippen molar-refractivity contribution in [3.63, 3.8) is 0 Å². The maximum absolute atomic E-state index is 12.1. The third kappa shape index (κ3) is 8.19. The van der Waals surface area contributed by atoms with Gasteiger partial charge < -0.3 is 29.8 Å². The highest BCUT2D eigenvalue weighted by atomic mass is 35.5. The number of rotatable bonds is 12. The van der Waals surface area contributed by atoms with Gasteiger partial charge >= 0.3 is 25.6 Å². The van der Waals surface area contributed by atoms with E-state index in [2.05, 4.69) is 15.3 Å². The molecule has 1 saturated heterocycles. The van der Waals surface area contributed by atoms with Crippen molar-refractivity contribution in [3.8, 4) is 0 Å². The summed E-state index contributed by atoms with van der Waals surface area (Å²) in [4.78, 5) is 58.9. The average molecular weight is 516 g/mol. The third-order valence-corrected chi connectivity index (χ3v) is 5.30. The Balaban J connectivity index is 1.67. The number of carboxylic acids is 1. The first-order chi connectivity index (χ1) is 16.0. The number of esters is 1. The van der Waals surface area contributed by atoms with Crippen LogP contribution in [0, 0.1) is 5.92 Å². The Hall–Kier alpha value is -2.83. The van der Waals surface area contributed by atoms with Crippen molar-refractivity contribution >= 4 is 60.6 Å². The summed E-state index contributed by atoms with van der Waals surface area (Å²) in [7, 11) is 0.690. The molecule has 0 saturated carbocycles. The molecular weight excluding hydrogens is 494 g/mol. The van der Waals surface area contributed by atoms with Gasteiger partial charge in [-0.3, -0.25) is 24.0 Å². The van der Waals surface area contributed by atoms with Gasteiger partial charge in [-0.05, 0) is 30.5 Å². The summed E-state index contributed by atoms with van der Waals surface area (Å²) in [6.07, 6.45) is -0.923. The van der Waals surface area contributed by atoms with Gasteiger partial charge in [0.25, 0.3) is 5.91 Å². The van der Waals surface area contributed by atoms with E-state index in [9.17, 15) is 24.0 Å². The first kappa shape index (κ1) is 27.4. The van der Waals surface area contributed by atoms with E-state index in [1.807, 2.05) is 0 Å². The number of hydrogen-bond donors (Lipinski definition) is 3. The molecular formula is C20H22BCl2N2O9. The molecule has 1 radical (unpaired) electrons. The number of carbonyl (C=O) groups excluding carboxylic acids is 4. The van der Waals surface area contributed by atoms with Gasteiger partial charge in [0.1, 0.15) is 0 Å². The molecule has 34 heavy (non-hydrogen) atoms. The summed E-state index contributed by atoms with van der Waals surface area (Å²) in [5.41, 5.74) is -1.79. The van der Waals surface area contributed by atoms with Crippen molar-refractivity contribution in [3.05, 3.63) is 33.8 Å². The molecule has 2 amide bonds. The highest BCUT2D eigenvalue weighted by Gasteiger charge is 2.50. The Morgan fingerprint density at radius 2 is 1.94 bits per heavy atom. The second kappa shape index (κ2) is 12.6. The second-order valence-corrected chi connectivity index (χ2v) is 8.44. The molecule has 14 heteroatoms. The van der Waals surface area contributed by atoms with Crippen molar-refractivity contribution in [2.45, 2.75) is 31.8 Å². The van der Waals surface area contributed by atoms with Crippen LogP contribution in [0.15, 0.2) is 18.2 Å². The molecule has 1 aromatic rings. The molecule has 2 unspecified atom stereocenters. The molecule has 1 aliphatic heterocycles. The van der Waals surface area contributed by atoms with E-state index in [4.69, 9.17) is 37.7 Å². The summed E-state index contributed by atoms with van der Waals surface area (Å²) in [6.45, 7) is 1.71. The number of carbonyl (C=O) groups is 5. The smallest absolute Gasteiger partial charge is 0.509 e. The molecule has 1 heterocycles. The minimum Gasteiger partial charge on any atom is -0.509 e. The molecule has 2 rings (SSSR count). The summed E-state index contributed by atoms with van der Waals surface area (Å²) < 4.78 is 14.5. The lowest BCUT2D eigenvalue weighted by atomic mass is 9.95. The van der Waals surface area contributed by atoms with Gasteiger partial charge in [0.05, 0.1) is 36.6 Å². The molecule has 1 aromatic carbocycles. The van der Waals surface area contributed by atoms with Gasteiger partial charge in [-0.15, -0.1) is 0 Å². The van der Waals surface area contributed by atoms with E-state index < -0.39 is 48.2 Å². The van der Waals surface area contributed by atoms with Gasteiger partial charge in [0, 0.05) is 11.6 Å². The molecule has 1 aliphatic rings. The van der Waals surface area contributed by atoms with E-state index in [-0.39, 0.29) is 36.2 Å². The number of nitrogens with one attached hydrogen (secondary N) is 2. The summed E-state index contributed by atoms with van der Waals surface area (Å²) >= 11 is 11.8. The largest absolute Gasteiger partial charge is 0.575 e. The second-order valence-electron chi connectivity index (χ2n) is 7.59. The maximum atomic E-state index is 12.1. The van der Waals surface area contributed by atoms with E-state index in [1.54, 1.807) is 6.92 Å². The SMILES string of the molecule is CC(CCNC(=O)CNC(=O)c1cc(Cl)ccc1Cl)COC(=O)CC1(CC(=O)O)O[B]OC1=O. The molecule has 3 N–H and O–H groups in total. The molecule has 183 valence electrons. The lowest BCUT2D eigenvalue weighted by Gasteiger charge is -2.22. The first-order valence-electron chi connectivity index (χ1n) is 10.1. The van der Waals surface area contributed by atoms with Crippen LogP contribution in [-0.2, 0) is 33.2 Å². The normalized spacial score (nSPS) is 17.8. The monoisotopic (exact) mass is 515 g/mol. The number of aliphatic carboxylic acids is 1. The van der Waals surface area contributed by atoms with Crippen LogP contribution in [0.25, 0.3) is 0 Å². The standard InChI is InChI=1S/C20H22BCl2N2O9/c1-11(10-32-17(29)8-20(7-16(27)28)19(31)33-21-34-20)4-5-24-15(26)9-25-18(30)13-6-12(22)2-3-14(13)23/h2-3,6,11H,4-5,7-10H2,1H3,(H,24,26)(H,25,30)(H,27,28). The molecule has 0 spiro atoms. The lowest BCUT2D eigenvalue weighted by Crippen LogP contribution is -2.41. The number of benzene rings is 1. The Kier molecular flexibility index (Phi) is 10.1. The van der Waals surface area contributed by atoms with E-state index in [0.717, 1.165) is 0 Å². The van der Waals surface area contributed by atoms with Crippen LogP contribution in [-0.4, -0.2) is 67.8 Å². The zero-order chi connectivity index (χ0) is 25.3. The van der Waals surface area contributed by atoms with E-state index >= 15 is 0 Å². The molecule has 0 bridgehead atoms. The lowest BCUT2D eigenvalue weighted by molar-refractivity contribution is -0.160. The van der Waals surface area contributed by atoms with Crippen molar-refractivity contribution in [1.82, 2.24) is 10.6 Å². The van der Waals surface area contributed by atoms with Crippen molar-refractivity contribution in [1.29, 1.82) is 0 Å². The van der Waals surface area contributed by atoms with Crippen LogP contribution < -0.4 is 10.6 Å². The van der Waals surface area contributed by atoms with Crippen LogP contribution in [0.4, 0.5) is 0 Å². The zero-order valence-corrected chi connectivity index (χ0v) is 19.6. The van der Waals surface area contributed by atoms with Crippen LogP contribution >= 0.6 is 23.2 Å². The van der Waals surface area contributed by atoms with Gasteiger partial charge in [-0.2, -0.15) is 0 Å². The number of amides is 2. The van der Waals surface area contributed by atoms with Crippen LogP contribution in [0.1, 0.15) is 36.5 Å². The number of ether oxygens (including phenoxy) is 1. The van der Waals surface area contributed by atoms with Crippen LogP contribution in [0.3, 0.4) is 0 Å². The first-order valence-corrected chi connectivity index (χ1v) is 10.9. The summed E-state index contributed by atoms with van der Waals surface area (Å²) in [6, 6.07) is 4.41. The quantitative estimate of drug-likeness (QED) is 0.274. The molecule has 0 aliphatic carbocycles. The Labute approximate surface area is 205 Å². The fourth-order valence-electron chi connectivity index (χ4n) is 2.90. The summed E-state index contributed by atoms with van der Waals surface area (Å²) in [5.74, 6) is -4.28. The highest BCUT2D eigenvalue weighted by Crippen LogP contribution is 2.28. The Bertz CT molecular complexity index is 962.